The molecule has 0 saturated carbocycles. The molecule has 1 aromatic carbocycles. The Balaban J connectivity index is 1.92. The monoisotopic (exact) mass is 319 g/mol. The van der Waals surface area contributed by atoms with Gasteiger partial charge in [0.25, 0.3) is 0 Å². The van der Waals surface area contributed by atoms with Gasteiger partial charge in [0.1, 0.15) is 5.75 Å². The maximum Gasteiger partial charge on any atom is 0.119 e. The molecule has 0 aliphatic heterocycles. The van der Waals surface area contributed by atoms with Crippen molar-refractivity contribution < 1.29 is 14.9 Å². The van der Waals surface area contributed by atoms with Crippen molar-refractivity contribution in [3.63, 3.8) is 0 Å². The molecule has 0 saturated heterocycles. The topological polar surface area (TPSA) is 75.7 Å². The zero-order chi connectivity index (χ0) is 16.7. The molecule has 4 heteroatoms. The van der Waals surface area contributed by atoms with Crippen LogP contribution in [0.25, 0.3) is 6.08 Å². The maximum atomic E-state index is 9.43. The fourth-order valence-electron chi connectivity index (χ4n) is 2.87. The van der Waals surface area contributed by atoms with Crippen molar-refractivity contribution in [1.29, 1.82) is 0 Å². The summed E-state index contributed by atoms with van der Waals surface area (Å²) in [4.78, 5) is 0. The summed E-state index contributed by atoms with van der Waals surface area (Å²) in [5.74, 6) is 0.868. The molecule has 23 heavy (non-hydrogen) atoms. The highest BCUT2D eigenvalue weighted by atomic mass is 16.5. The molecule has 4 N–H and O–H groups in total. The van der Waals surface area contributed by atoms with E-state index in [0.717, 1.165) is 35.5 Å². The van der Waals surface area contributed by atoms with Gasteiger partial charge in [0.2, 0.25) is 0 Å². The number of hydrogen-bond donors (Lipinski definition) is 3. The molecule has 0 bridgehead atoms. The number of benzene rings is 1. The van der Waals surface area contributed by atoms with E-state index in [-0.39, 0.29) is 13.2 Å². The van der Waals surface area contributed by atoms with E-state index in [1.807, 2.05) is 24.3 Å². The third kappa shape index (κ3) is 4.56. The molecule has 0 radical (unpaired) electrons. The zero-order valence-corrected chi connectivity index (χ0v) is 14.1. The van der Waals surface area contributed by atoms with E-state index in [4.69, 9.17) is 10.5 Å². The van der Waals surface area contributed by atoms with Gasteiger partial charge in [-0.05, 0) is 41.7 Å². The summed E-state index contributed by atoms with van der Waals surface area (Å²) in [7, 11) is 0. The third-order valence-electron chi connectivity index (χ3n) is 4.55. The molecular weight excluding hydrogens is 290 g/mol. The minimum atomic E-state index is -1.04. The van der Waals surface area contributed by atoms with Gasteiger partial charge < -0.3 is 20.7 Å². The molecule has 0 spiro atoms. The van der Waals surface area contributed by atoms with Crippen LogP contribution in [0.4, 0.5) is 0 Å². The number of rotatable bonds is 10. The van der Waals surface area contributed by atoms with Gasteiger partial charge in [-0.25, -0.2) is 0 Å². The van der Waals surface area contributed by atoms with E-state index in [9.17, 15) is 10.2 Å². The van der Waals surface area contributed by atoms with Crippen molar-refractivity contribution in [3.05, 3.63) is 34.9 Å². The van der Waals surface area contributed by atoms with E-state index in [2.05, 4.69) is 6.92 Å². The molecule has 2 rings (SSSR count). The molecule has 1 aliphatic carbocycles. The standard InChI is InChI=1S/C19H29NO3/c1-2-3-4-5-6-9-23-18-8-7-15-10-17(11-16(15)12-18)19(20,13-21)14-22/h7-8,11-12,21-22H,2-6,9-10,13-14,20H2,1H3. The van der Waals surface area contributed by atoms with E-state index < -0.39 is 5.54 Å². The lowest BCUT2D eigenvalue weighted by Gasteiger charge is -2.26. The van der Waals surface area contributed by atoms with Gasteiger partial charge in [0.05, 0.1) is 25.4 Å². The van der Waals surface area contributed by atoms with Crippen LogP contribution in [0.15, 0.2) is 23.8 Å². The first kappa shape index (κ1) is 18.0. The third-order valence-corrected chi connectivity index (χ3v) is 4.55. The average Bonchev–Trinajstić information content (AvgIpc) is 3.01. The number of aliphatic hydroxyl groups excluding tert-OH is 2. The van der Waals surface area contributed by atoms with Gasteiger partial charge in [-0.1, -0.05) is 44.7 Å². The zero-order valence-electron chi connectivity index (χ0n) is 14.1. The maximum absolute atomic E-state index is 9.43. The molecule has 0 atom stereocenters. The van der Waals surface area contributed by atoms with Crippen LogP contribution in [-0.2, 0) is 6.42 Å². The SMILES string of the molecule is CCCCCCCOc1ccc2c(c1)C=C(C(N)(CO)CO)C2. The van der Waals surface area contributed by atoms with Crippen molar-refractivity contribution in [1.82, 2.24) is 0 Å². The van der Waals surface area contributed by atoms with E-state index >= 15 is 0 Å². The Morgan fingerprint density at radius 2 is 1.87 bits per heavy atom. The number of ether oxygens (including phenoxy) is 1. The number of hydrogen-bond acceptors (Lipinski definition) is 4. The highest BCUT2D eigenvalue weighted by molar-refractivity contribution is 5.67. The number of aliphatic hydroxyl groups is 2. The highest BCUT2D eigenvalue weighted by Gasteiger charge is 2.31. The fourth-order valence-corrected chi connectivity index (χ4v) is 2.87. The highest BCUT2D eigenvalue weighted by Crippen LogP contribution is 2.32. The summed E-state index contributed by atoms with van der Waals surface area (Å²) in [6.45, 7) is 2.44. The summed E-state index contributed by atoms with van der Waals surface area (Å²) in [6, 6.07) is 6.04. The van der Waals surface area contributed by atoms with Crippen LogP contribution >= 0.6 is 0 Å². The van der Waals surface area contributed by atoms with Gasteiger partial charge in [-0.2, -0.15) is 0 Å². The first-order valence-corrected chi connectivity index (χ1v) is 8.60. The van der Waals surface area contributed by atoms with Crippen molar-refractivity contribution in [2.45, 2.75) is 51.0 Å². The van der Waals surface area contributed by atoms with Crippen LogP contribution < -0.4 is 10.5 Å². The van der Waals surface area contributed by atoms with Crippen LogP contribution in [0.1, 0.15) is 50.2 Å². The first-order chi connectivity index (χ1) is 11.1. The average molecular weight is 319 g/mol. The molecule has 0 amide bonds. The van der Waals surface area contributed by atoms with Crippen molar-refractivity contribution >= 4 is 6.08 Å². The predicted octanol–water partition coefficient (Wildman–Crippen LogP) is 2.66. The second-order valence-electron chi connectivity index (χ2n) is 6.44. The van der Waals surface area contributed by atoms with E-state index in [1.165, 1.54) is 25.7 Å². The minimum Gasteiger partial charge on any atom is -0.494 e. The Morgan fingerprint density at radius 3 is 2.57 bits per heavy atom. The smallest absolute Gasteiger partial charge is 0.119 e. The van der Waals surface area contributed by atoms with Gasteiger partial charge in [-0.3, -0.25) is 0 Å². The molecular formula is C19H29NO3. The van der Waals surface area contributed by atoms with Crippen molar-refractivity contribution in [2.24, 2.45) is 5.73 Å². The molecule has 4 nitrogen and oxygen atoms in total. The van der Waals surface area contributed by atoms with Crippen molar-refractivity contribution in [2.75, 3.05) is 19.8 Å². The molecule has 0 fully saturated rings. The summed E-state index contributed by atoms with van der Waals surface area (Å²) < 4.78 is 5.83. The summed E-state index contributed by atoms with van der Waals surface area (Å²) in [5, 5.41) is 18.9. The van der Waals surface area contributed by atoms with Crippen molar-refractivity contribution in [3.8, 4) is 5.75 Å². The van der Waals surface area contributed by atoms with E-state index in [0.29, 0.717) is 6.42 Å². The number of fused-ring (bicyclic) bond motifs is 1. The van der Waals surface area contributed by atoms with Crippen LogP contribution in [0.3, 0.4) is 0 Å². The molecule has 0 heterocycles. The van der Waals surface area contributed by atoms with Gasteiger partial charge in [0.15, 0.2) is 0 Å². The largest absolute Gasteiger partial charge is 0.494 e. The van der Waals surface area contributed by atoms with Crippen LogP contribution in [0.2, 0.25) is 0 Å². The fraction of sp³-hybridized carbons (Fsp3) is 0.579. The lowest BCUT2D eigenvalue weighted by atomic mass is 9.91. The lowest BCUT2D eigenvalue weighted by Crippen LogP contribution is -2.49. The summed E-state index contributed by atoms with van der Waals surface area (Å²) in [6.07, 6.45) is 8.76. The molecule has 128 valence electrons. The van der Waals surface area contributed by atoms with Crippen LogP contribution in [0.5, 0.6) is 5.75 Å². The quantitative estimate of drug-likeness (QED) is 0.580. The Kier molecular flexibility index (Phi) is 6.63. The Bertz CT molecular complexity index is 535. The van der Waals surface area contributed by atoms with E-state index in [1.54, 1.807) is 0 Å². The van der Waals surface area contributed by atoms with Gasteiger partial charge in [-0.15, -0.1) is 0 Å². The second-order valence-corrected chi connectivity index (χ2v) is 6.44. The Morgan fingerprint density at radius 1 is 1.13 bits per heavy atom. The van der Waals surface area contributed by atoms with Crippen LogP contribution in [-0.4, -0.2) is 35.6 Å². The van der Waals surface area contributed by atoms with Crippen LogP contribution in [0, 0.1) is 0 Å². The molecule has 0 aromatic heterocycles. The second kappa shape index (κ2) is 8.48. The van der Waals surface area contributed by atoms with Gasteiger partial charge >= 0.3 is 0 Å². The Hall–Kier alpha value is -1.36. The molecule has 0 unspecified atom stereocenters. The van der Waals surface area contributed by atoms with Gasteiger partial charge in [0, 0.05) is 0 Å². The Labute approximate surface area is 139 Å². The first-order valence-electron chi connectivity index (χ1n) is 8.60. The molecule has 1 aromatic rings. The molecule has 1 aliphatic rings. The number of nitrogens with two attached hydrogens (primary N) is 1. The normalized spacial score (nSPS) is 13.8. The summed E-state index contributed by atoms with van der Waals surface area (Å²) in [5.41, 5.74) is 8.11. The lowest BCUT2D eigenvalue weighted by molar-refractivity contribution is 0.144. The number of unbranched alkanes of at least 4 members (excludes halogenated alkanes) is 4. The minimum absolute atomic E-state index is 0.259. The predicted molar refractivity (Wildman–Crippen MR) is 93.5 cm³/mol. The summed E-state index contributed by atoms with van der Waals surface area (Å²) >= 11 is 0.